The van der Waals surface area contributed by atoms with Gasteiger partial charge in [-0.05, 0) is 64.9 Å². The molecular formula is C22H27BrCl4O11S4. The van der Waals surface area contributed by atoms with Gasteiger partial charge in [0.15, 0.2) is 0 Å². The molecule has 3 aromatic heterocycles. The lowest BCUT2D eigenvalue weighted by molar-refractivity contribution is 0.0597. The van der Waals surface area contributed by atoms with E-state index >= 15 is 0 Å². The van der Waals surface area contributed by atoms with Gasteiger partial charge in [0.2, 0.25) is 0 Å². The van der Waals surface area contributed by atoms with Crippen LogP contribution in [0.15, 0.2) is 34.3 Å². The van der Waals surface area contributed by atoms with Crippen molar-refractivity contribution in [1.29, 1.82) is 0 Å². The van der Waals surface area contributed by atoms with Crippen LogP contribution in [0, 0.1) is 13.8 Å². The molecule has 0 aliphatic heterocycles. The third-order valence-electron chi connectivity index (χ3n) is 3.25. The molecule has 3 heterocycles. The molecule has 20 heteroatoms. The first-order chi connectivity index (χ1) is 19.2. The number of alkyl halides is 5. The highest BCUT2D eigenvalue weighted by Gasteiger charge is 2.11. The molecule has 3 rings (SSSR count). The summed E-state index contributed by atoms with van der Waals surface area (Å²) in [6.45, 7) is 3.83. The fourth-order valence-electron chi connectivity index (χ4n) is 1.84. The van der Waals surface area contributed by atoms with Crippen molar-refractivity contribution in [3.8, 4) is 0 Å². The third kappa shape index (κ3) is 29.1. The number of aliphatic hydroxyl groups is 1. The maximum absolute atomic E-state index is 10.9. The Hall–Kier alpha value is -1.02. The molecule has 0 fully saturated rings. The zero-order chi connectivity index (χ0) is 33.7. The van der Waals surface area contributed by atoms with Gasteiger partial charge in [0, 0.05) is 12.4 Å². The number of carbonyl (C=O) groups excluding carboxylic acids is 2. The van der Waals surface area contributed by atoms with Crippen LogP contribution < -0.4 is 0 Å². The fraction of sp³-hybridized carbons (Fsp3) is 0.318. The van der Waals surface area contributed by atoms with E-state index in [-0.39, 0.29) is 11.9 Å². The second-order valence-electron chi connectivity index (χ2n) is 6.59. The van der Waals surface area contributed by atoms with Crippen molar-refractivity contribution in [2.45, 2.75) is 22.4 Å². The van der Waals surface area contributed by atoms with Crippen molar-refractivity contribution >= 4 is 125 Å². The first kappa shape index (κ1) is 45.4. The Morgan fingerprint density at radius 2 is 1.12 bits per heavy atom. The van der Waals surface area contributed by atoms with Crippen LogP contribution in [0.3, 0.4) is 0 Å². The standard InChI is InChI=1S/C7H7BrO2S.C7H8O2S.C6H6O2S.CCl4.CH4O.H2O4S/c1-10-7(9)6-2-5(3-8)4-11-6;1-5-3-6(10-4-5)7(8)9-2;1-4-2-5(6(7)8)9-3-4;2-1(3,4)5;1-2;1-5(2,3)4/h2,4H,3H2,1H3;3-4H,1-2H3;2-3H,1H3,(H,7,8);;2H,1H3;(H2,1,2,3,4). The van der Waals surface area contributed by atoms with Crippen LogP contribution >= 0.6 is 96.3 Å². The lowest BCUT2D eigenvalue weighted by Crippen LogP contribution is -1.96. The summed E-state index contributed by atoms with van der Waals surface area (Å²) in [4.78, 5) is 33.7. The highest BCUT2D eigenvalue weighted by atomic mass is 79.9. The Bertz CT molecular complexity index is 1290. The molecule has 0 atom stereocenters. The van der Waals surface area contributed by atoms with E-state index in [9.17, 15) is 14.4 Å². The topological polar surface area (TPSA) is 185 Å². The summed E-state index contributed by atoms with van der Waals surface area (Å²) >= 11 is 26.7. The number of carbonyl (C=O) groups is 3. The van der Waals surface area contributed by atoms with Crippen molar-refractivity contribution in [3.05, 3.63) is 65.7 Å². The molecule has 0 saturated heterocycles. The number of hydrogen-bond acceptors (Lipinski definition) is 11. The molecule has 3 aromatic rings. The van der Waals surface area contributed by atoms with E-state index in [1.165, 1.54) is 48.2 Å². The van der Waals surface area contributed by atoms with Crippen LogP contribution in [0.4, 0.5) is 0 Å². The average Bonchev–Trinajstić information content (AvgIpc) is 3.64. The minimum absolute atomic E-state index is 0.252. The van der Waals surface area contributed by atoms with E-state index in [2.05, 4.69) is 25.4 Å². The SMILES string of the molecule is CO.COC(=O)c1cc(C)cs1.COC(=O)c1cc(CBr)cs1.Cc1csc(C(=O)O)c1.ClC(Cl)(Cl)Cl.O=S(=O)(O)O. The number of hydrogen-bond donors (Lipinski definition) is 4. The predicted molar refractivity (Wildman–Crippen MR) is 173 cm³/mol. The zero-order valence-corrected chi connectivity index (χ0v) is 30.2. The van der Waals surface area contributed by atoms with Crippen LogP contribution in [-0.4, -0.2) is 70.2 Å². The van der Waals surface area contributed by atoms with Gasteiger partial charge in [-0.3, -0.25) is 9.11 Å². The van der Waals surface area contributed by atoms with E-state index in [1.807, 2.05) is 42.1 Å². The summed E-state index contributed by atoms with van der Waals surface area (Å²) in [7, 11) is -0.896. The van der Waals surface area contributed by atoms with E-state index < -0.39 is 19.6 Å². The molecular weight excluding hydrogens is 790 g/mol. The number of carboxylic acid groups (broad SMARTS) is 1. The number of esters is 2. The van der Waals surface area contributed by atoms with Crippen molar-refractivity contribution < 1.29 is 51.6 Å². The van der Waals surface area contributed by atoms with E-state index in [4.69, 9.17) is 74.1 Å². The molecule has 0 saturated carbocycles. The highest BCUT2D eigenvalue weighted by molar-refractivity contribution is 9.08. The van der Waals surface area contributed by atoms with Gasteiger partial charge in [0.05, 0.1) is 14.2 Å². The molecule has 0 unspecified atom stereocenters. The summed E-state index contributed by atoms with van der Waals surface area (Å²) in [5.41, 5.74) is 3.22. The van der Waals surface area contributed by atoms with Crippen molar-refractivity contribution in [2.75, 3.05) is 21.3 Å². The number of aryl methyl sites for hydroxylation is 2. The smallest absolute Gasteiger partial charge is 0.394 e. The Labute approximate surface area is 283 Å². The number of carboxylic acids is 1. The van der Waals surface area contributed by atoms with Gasteiger partial charge in [-0.2, -0.15) is 8.42 Å². The first-order valence-electron chi connectivity index (χ1n) is 10.3. The molecule has 0 bridgehead atoms. The van der Waals surface area contributed by atoms with Gasteiger partial charge in [0.1, 0.15) is 14.6 Å². The van der Waals surface area contributed by atoms with Gasteiger partial charge in [-0.15, -0.1) is 34.0 Å². The first-order valence-corrected chi connectivity index (χ1v) is 16.9. The third-order valence-corrected chi connectivity index (χ3v) is 6.92. The van der Waals surface area contributed by atoms with Crippen molar-refractivity contribution in [1.82, 2.24) is 0 Å². The summed E-state index contributed by atoms with van der Waals surface area (Å²) in [5.74, 6) is -1.35. The molecule has 0 spiro atoms. The van der Waals surface area contributed by atoms with E-state index in [0.717, 1.165) is 29.1 Å². The Balaban J connectivity index is -0.000000461. The minimum atomic E-state index is -4.67. The molecule has 0 aliphatic rings. The number of ether oxygens (including phenoxy) is 2. The monoisotopic (exact) mass is 814 g/mol. The van der Waals surface area contributed by atoms with E-state index in [1.54, 1.807) is 6.07 Å². The number of halogens is 5. The maximum atomic E-state index is 10.9. The maximum Gasteiger partial charge on any atom is 0.394 e. The Morgan fingerprint density at radius 3 is 1.33 bits per heavy atom. The molecule has 11 nitrogen and oxygen atoms in total. The largest absolute Gasteiger partial charge is 0.477 e. The number of methoxy groups -OCH3 is 2. The number of aliphatic hydroxyl groups excluding tert-OH is 1. The van der Waals surface area contributed by atoms with Crippen molar-refractivity contribution in [3.63, 3.8) is 0 Å². The lowest BCUT2D eigenvalue weighted by Gasteiger charge is -1.91. The second-order valence-corrected chi connectivity index (χ2v) is 14.2. The summed E-state index contributed by atoms with van der Waals surface area (Å²) in [5, 5.41) is 21.9. The zero-order valence-electron chi connectivity index (χ0n) is 22.3. The van der Waals surface area contributed by atoms with Gasteiger partial charge in [0.25, 0.3) is 3.25 Å². The number of rotatable bonds is 4. The molecule has 0 amide bonds. The van der Waals surface area contributed by atoms with E-state index in [0.29, 0.717) is 14.6 Å². The summed E-state index contributed by atoms with van der Waals surface area (Å²) < 4.78 is 39.0. The minimum Gasteiger partial charge on any atom is -0.477 e. The van der Waals surface area contributed by atoms with Gasteiger partial charge in [-0.1, -0.05) is 62.3 Å². The Kier molecular flexibility index (Phi) is 26.3. The summed E-state index contributed by atoms with van der Waals surface area (Å²) in [6, 6.07) is 5.30. The Morgan fingerprint density at radius 1 is 0.810 bits per heavy atom. The average molecular weight is 817 g/mol. The molecule has 0 aliphatic carbocycles. The van der Waals surface area contributed by atoms with Crippen LogP contribution in [0.5, 0.6) is 0 Å². The van der Waals surface area contributed by atoms with Gasteiger partial charge < -0.3 is 19.7 Å². The molecule has 240 valence electrons. The van der Waals surface area contributed by atoms with Gasteiger partial charge in [-0.25, -0.2) is 14.4 Å². The molecule has 0 radical (unpaired) electrons. The lowest BCUT2D eigenvalue weighted by atomic mass is 10.3. The number of aromatic carboxylic acids is 1. The van der Waals surface area contributed by atoms with Crippen LogP contribution in [0.2, 0.25) is 0 Å². The van der Waals surface area contributed by atoms with Gasteiger partial charge >= 0.3 is 28.3 Å². The van der Waals surface area contributed by atoms with Crippen molar-refractivity contribution in [2.24, 2.45) is 0 Å². The second kappa shape index (κ2) is 24.3. The predicted octanol–water partition coefficient (Wildman–Crippen LogP) is 7.54. The number of thiophene rings is 3. The quantitative estimate of drug-likeness (QED) is 0.116. The molecule has 0 aromatic carbocycles. The molecule has 4 N–H and O–H groups in total. The summed E-state index contributed by atoms with van der Waals surface area (Å²) in [6.07, 6.45) is 0. The normalized spacial score (nSPS) is 9.74. The fourth-order valence-corrected chi connectivity index (χ4v) is 4.75. The van der Waals surface area contributed by atoms with Crippen LogP contribution in [0.25, 0.3) is 0 Å². The van der Waals surface area contributed by atoms with Crippen LogP contribution in [-0.2, 0) is 25.2 Å². The highest BCUT2D eigenvalue weighted by Crippen LogP contribution is 2.29. The molecule has 42 heavy (non-hydrogen) atoms. The van der Waals surface area contributed by atoms with Crippen LogP contribution in [0.1, 0.15) is 45.7 Å².